The Labute approximate surface area is 113 Å². The van der Waals surface area contributed by atoms with Gasteiger partial charge in [-0.3, -0.25) is 10.1 Å². The van der Waals surface area contributed by atoms with Crippen molar-refractivity contribution < 1.29 is 9.66 Å². The van der Waals surface area contributed by atoms with Gasteiger partial charge in [-0.1, -0.05) is 0 Å². The number of nitrogens with zero attached hydrogens (tertiary/aromatic N) is 1. The lowest BCUT2D eigenvalue weighted by molar-refractivity contribution is -0.386. The minimum atomic E-state index is -0.411. The van der Waals surface area contributed by atoms with Gasteiger partial charge >= 0.3 is 5.69 Å². The van der Waals surface area contributed by atoms with Crippen LogP contribution in [0.1, 0.15) is 33.6 Å². The fraction of sp³-hybridized carbons (Fsp3) is 0.571. The highest BCUT2D eigenvalue weighted by Crippen LogP contribution is 2.36. The number of ether oxygens (including phenoxy) is 1. The smallest absolute Gasteiger partial charge is 0.311 e. The van der Waals surface area contributed by atoms with Crippen LogP contribution in [0.5, 0.6) is 5.75 Å². The van der Waals surface area contributed by atoms with Crippen molar-refractivity contribution in [3.8, 4) is 5.75 Å². The second kappa shape index (κ2) is 5.47. The van der Waals surface area contributed by atoms with Crippen molar-refractivity contribution in [2.24, 2.45) is 5.92 Å². The fourth-order valence-corrected chi connectivity index (χ4v) is 2.08. The van der Waals surface area contributed by atoms with Gasteiger partial charge in [0.2, 0.25) is 0 Å². The zero-order chi connectivity index (χ0) is 14.0. The summed E-state index contributed by atoms with van der Waals surface area (Å²) in [7, 11) is 0. The van der Waals surface area contributed by atoms with E-state index in [1.807, 2.05) is 13.8 Å². The highest BCUT2D eigenvalue weighted by Gasteiger charge is 2.28. The molecule has 0 heterocycles. The first-order chi connectivity index (χ1) is 8.97. The standard InChI is InChI=1S/C14H20N2O3/c1-9(2)19-14-8-12(6-7-13(14)16(17)18)15-10(3)11-4-5-11/h6-11,15H,4-5H2,1-3H3. The zero-order valence-corrected chi connectivity index (χ0v) is 11.6. The molecule has 1 aromatic carbocycles. The molecular weight excluding hydrogens is 244 g/mol. The van der Waals surface area contributed by atoms with E-state index >= 15 is 0 Å². The molecule has 104 valence electrons. The third-order valence-electron chi connectivity index (χ3n) is 3.24. The monoisotopic (exact) mass is 264 g/mol. The molecule has 1 aliphatic carbocycles. The van der Waals surface area contributed by atoms with Crippen LogP contribution in [0.3, 0.4) is 0 Å². The number of anilines is 1. The van der Waals surface area contributed by atoms with Gasteiger partial charge in [0.15, 0.2) is 5.75 Å². The lowest BCUT2D eigenvalue weighted by Gasteiger charge is -2.16. The molecule has 0 saturated heterocycles. The summed E-state index contributed by atoms with van der Waals surface area (Å²) in [6, 6.07) is 5.36. The maximum atomic E-state index is 11.0. The summed E-state index contributed by atoms with van der Waals surface area (Å²) < 4.78 is 5.52. The number of nitrogens with one attached hydrogen (secondary N) is 1. The number of hydrogen-bond acceptors (Lipinski definition) is 4. The molecule has 1 saturated carbocycles. The average molecular weight is 264 g/mol. The van der Waals surface area contributed by atoms with Crippen molar-refractivity contribution in [1.29, 1.82) is 0 Å². The van der Waals surface area contributed by atoms with Crippen LogP contribution < -0.4 is 10.1 Å². The minimum Gasteiger partial charge on any atom is -0.484 e. The van der Waals surface area contributed by atoms with E-state index in [0.29, 0.717) is 11.8 Å². The van der Waals surface area contributed by atoms with Gasteiger partial charge in [-0.25, -0.2) is 0 Å². The summed E-state index contributed by atoms with van der Waals surface area (Å²) in [5, 5.41) is 14.3. The van der Waals surface area contributed by atoms with Crippen LogP contribution in [0.4, 0.5) is 11.4 Å². The normalized spacial score (nSPS) is 16.2. The summed E-state index contributed by atoms with van der Waals surface area (Å²) in [5.74, 6) is 1.05. The minimum absolute atomic E-state index is 0.0123. The van der Waals surface area contributed by atoms with Crippen molar-refractivity contribution in [2.75, 3.05) is 5.32 Å². The van der Waals surface area contributed by atoms with Gasteiger partial charge in [-0.05, 0) is 45.6 Å². The Morgan fingerprint density at radius 2 is 2.05 bits per heavy atom. The lowest BCUT2D eigenvalue weighted by atomic mass is 10.2. The largest absolute Gasteiger partial charge is 0.484 e. The SMILES string of the molecule is CC(C)Oc1cc(NC(C)C2CC2)ccc1[N+](=O)[O-]. The van der Waals surface area contributed by atoms with E-state index in [1.54, 1.807) is 12.1 Å². The molecular formula is C14H20N2O3. The van der Waals surface area contributed by atoms with Crippen LogP contribution in [0.2, 0.25) is 0 Å². The van der Waals surface area contributed by atoms with Gasteiger partial charge in [-0.15, -0.1) is 0 Å². The van der Waals surface area contributed by atoms with E-state index in [-0.39, 0.29) is 11.8 Å². The van der Waals surface area contributed by atoms with Crippen LogP contribution in [0, 0.1) is 16.0 Å². The average Bonchev–Trinajstić information content (AvgIpc) is 3.11. The van der Waals surface area contributed by atoms with Crippen LogP contribution in [0.25, 0.3) is 0 Å². The van der Waals surface area contributed by atoms with E-state index in [1.165, 1.54) is 18.9 Å². The third kappa shape index (κ3) is 3.59. The van der Waals surface area contributed by atoms with E-state index in [9.17, 15) is 10.1 Å². The Hall–Kier alpha value is -1.78. The Kier molecular flexibility index (Phi) is 3.93. The Morgan fingerprint density at radius 3 is 2.58 bits per heavy atom. The van der Waals surface area contributed by atoms with Crippen molar-refractivity contribution in [3.05, 3.63) is 28.3 Å². The van der Waals surface area contributed by atoms with Crippen molar-refractivity contribution >= 4 is 11.4 Å². The molecule has 0 aromatic heterocycles. The molecule has 1 unspecified atom stereocenters. The first kappa shape index (κ1) is 13.6. The fourth-order valence-electron chi connectivity index (χ4n) is 2.08. The van der Waals surface area contributed by atoms with Gasteiger partial charge in [0.1, 0.15) is 0 Å². The molecule has 0 aliphatic heterocycles. The molecule has 0 radical (unpaired) electrons. The maximum absolute atomic E-state index is 11.0. The van der Waals surface area contributed by atoms with Gasteiger partial charge in [0.05, 0.1) is 11.0 Å². The summed E-state index contributed by atoms with van der Waals surface area (Å²) in [6.45, 7) is 5.86. The molecule has 1 atom stereocenters. The van der Waals surface area contributed by atoms with Gasteiger partial charge in [0, 0.05) is 23.9 Å². The predicted octanol–water partition coefficient (Wildman–Crippen LogP) is 3.59. The molecule has 19 heavy (non-hydrogen) atoms. The summed E-state index contributed by atoms with van der Waals surface area (Å²) in [6.07, 6.45) is 2.43. The van der Waals surface area contributed by atoms with Crippen LogP contribution >= 0.6 is 0 Å². The van der Waals surface area contributed by atoms with Gasteiger partial charge in [0.25, 0.3) is 0 Å². The highest BCUT2D eigenvalue weighted by atomic mass is 16.6. The van der Waals surface area contributed by atoms with E-state index < -0.39 is 4.92 Å². The van der Waals surface area contributed by atoms with Crippen LogP contribution in [0.15, 0.2) is 18.2 Å². The van der Waals surface area contributed by atoms with Gasteiger partial charge < -0.3 is 10.1 Å². The number of benzene rings is 1. The van der Waals surface area contributed by atoms with E-state index in [2.05, 4.69) is 12.2 Å². The number of rotatable bonds is 6. The van der Waals surface area contributed by atoms with E-state index in [0.717, 1.165) is 11.6 Å². The Balaban J connectivity index is 2.18. The second-order valence-corrected chi connectivity index (χ2v) is 5.38. The van der Waals surface area contributed by atoms with E-state index in [4.69, 9.17) is 4.74 Å². The molecule has 1 fully saturated rings. The molecule has 0 amide bonds. The molecule has 5 heteroatoms. The van der Waals surface area contributed by atoms with Crippen molar-refractivity contribution in [2.45, 2.75) is 45.8 Å². The lowest BCUT2D eigenvalue weighted by Crippen LogP contribution is -2.17. The van der Waals surface area contributed by atoms with Crippen molar-refractivity contribution in [1.82, 2.24) is 0 Å². The topological polar surface area (TPSA) is 64.4 Å². The summed E-state index contributed by atoms with van der Waals surface area (Å²) >= 11 is 0. The number of nitro groups is 1. The molecule has 1 aliphatic rings. The zero-order valence-electron chi connectivity index (χ0n) is 11.6. The predicted molar refractivity (Wildman–Crippen MR) is 74.7 cm³/mol. The number of hydrogen-bond donors (Lipinski definition) is 1. The van der Waals surface area contributed by atoms with Crippen molar-refractivity contribution in [3.63, 3.8) is 0 Å². The van der Waals surface area contributed by atoms with Crippen LogP contribution in [-0.2, 0) is 0 Å². The Morgan fingerprint density at radius 1 is 1.37 bits per heavy atom. The third-order valence-corrected chi connectivity index (χ3v) is 3.24. The Bertz CT molecular complexity index is 470. The second-order valence-electron chi connectivity index (χ2n) is 5.38. The quantitative estimate of drug-likeness (QED) is 0.630. The molecule has 1 N–H and O–H groups in total. The molecule has 0 spiro atoms. The summed E-state index contributed by atoms with van der Waals surface area (Å²) in [4.78, 5) is 10.5. The highest BCUT2D eigenvalue weighted by molar-refractivity contribution is 5.58. The molecule has 2 rings (SSSR count). The van der Waals surface area contributed by atoms with Gasteiger partial charge in [-0.2, -0.15) is 0 Å². The van der Waals surface area contributed by atoms with Crippen LogP contribution in [-0.4, -0.2) is 17.1 Å². The first-order valence-corrected chi connectivity index (χ1v) is 6.69. The summed E-state index contributed by atoms with van der Waals surface area (Å²) in [5.41, 5.74) is 0.888. The first-order valence-electron chi connectivity index (χ1n) is 6.69. The molecule has 0 bridgehead atoms. The number of nitro benzene ring substituents is 1. The molecule has 5 nitrogen and oxygen atoms in total. The maximum Gasteiger partial charge on any atom is 0.311 e. The molecule has 1 aromatic rings.